The lowest BCUT2D eigenvalue weighted by molar-refractivity contribution is -0.131. The minimum Gasteiger partial charge on any atom is -0.427 e. The first-order chi connectivity index (χ1) is 15.8. The predicted molar refractivity (Wildman–Crippen MR) is 123 cm³/mol. The highest BCUT2D eigenvalue weighted by molar-refractivity contribution is 7.89. The van der Waals surface area contributed by atoms with Crippen molar-refractivity contribution in [2.45, 2.75) is 24.7 Å². The number of sulfonamides is 1. The molecule has 2 aliphatic rings. The average molecular weight is 474 g/mol. The van der Waals surface area contributed by atoms with Crippen molar-refractivity contribution in [3.05, 3.63) is 48.0 Å². The van der Waals surface area contributed by atoms with Gasteiger partial charge in [0, 0.05) is 38.7 Å². The molecule has 2 fully saturated rings. The summed E-state index contributed by atoms with van der Waals surface area (Å²) in [5.74, 6) is -0.484. The van der Waals surface area contributed by atoms with Gasteiger partial charge >= 0.3 is 5.97 Å². The first-order valence-electron chi connectivity index (χ1n) is 10.9. The highest BCUT2D eigenvalue weighted by atomic mass is 32.2. The molecule has 2 aromatic rings. The van der Waals surface area contributed by atoms with Gasteiger partial charge in [-0.15, -0.1) is 0 Å². The molecule has 176 valence electrons. The molecular weight excluding hydrogens is 446 g/mol. The van der Waals surface area contributed by atoms with Crippen molar-refractivity contribution in [2.75, 3.05) is 49.6 Å². The number of nitrogens with zero attached hydrogens (tertiary/aromatic N) is 2. The first-order valence-corrected chi connectivity index (χ1v) is 12.4. The van der Waals surface area contributed by atoms with Crippen molar-refractivity contribution in [1.29, 1.82) is 0 Å². The van der Waals surface area contributed by atoms with Crippen LogP contribution in [0.4, 0.5) is 11.4 Å². The predicted octanol–water partition coefficient (Wildman–Crippen LogP) is 2.49. The van der Waals surface area contributed by atoms with Crippen LogP contribution < -0.4 is 15.0 Å². The van der Waals surface area contributed by atoms with E-state index in [1.807, 2.05) is 0 Å². The van der Waals surface area contributed by atoms with Crippen molar-refractivity contribution < 1.29 is 27.5 Å². The number of morpholine rings is 1. The van der Waals surface area contributed by atoms with E-state index in [1.165, 1.54) is 29.4 Å². The Bertz CT molecular complexity index is 1120. The van der Waals surface area contributed by atoms with Gasteiger partial charge in [-0.05, 0) is 55.3 Å². The molecular formula is C23H27N3O6S. The summed E-state index contributed by atoms with van der Waals surface area (Å²) in [5.41, 5.74) is 1.60. The van der Waals surface area contributed by atoms with Crippen LogP contribution in [0.5, 0.6) is 5.75 Å². The van der Waals surface area contributed by atoms with Gasteiger partial charge < -0.3 is 19.7 Å². The van der Waals surface area contributed by atoms with Gasteiger partial charge in [0.1, 0.15) is 5.75 Å². The van der Waals surface area contributed by atoms with Gasteiger partial charge in [0.15, 0.2) is 0 Å². The summed E-state index contributed by atoms with van der Waals surface area (Å²) in [6.45, 7) is 4.30. The first kappa shape index (κ1) is 23.2. The van der Waals surface area contributed by atoms with Crippen molar-refractivity contribution in [3.8, 4) is 5.75 Å². The van der Waals surface area contributed by atoms with Crippen molar-refractivity contribution >= 4 is 33.3 Å². The average Bonchev–Trinajstić information content (AvgIpc) is 3.34. The second-order valence-corrected chi connectivity index (χ2v) is 9.90. The zero-order chi connectivity index (χ0) is 23.4. The smallest absolute Gasteiger partial charge is 0.308 e. The molecule has 4 rings (SSSR count). The van der Waals surface area contributed by atoms with E-state index in [4.69, 9.17) is 9.47 Å². The van der Waals surface area contributed by atoms with Crippen LogP contribution in [0.15, 0.2) is 47.4 Å². The zero-order valence-corrected chi connectivity index (χ0v) is 19.3. The van der Waals surface area contributed by atoms with E-state index >= 15 is 0 Å². The maximum atomic E-state index is 13.2. The summed E-state index contributed by atoms with van der Waals surface area (Å²) < 4.78 is 38.0. The topological polar surface area (TPSA) is 105 Å². The van der Waals surface area contributed by atoms with E-state index in [0.717, 1.165) is 31.6 Å². The zero-order valence-electron chi connectivity index (χ0n) is 18.5. The number of esters is 1. The molecule has 1 amide bonds. The summed E-state index contributed by atoms with van der Waals surface area (Å²) in [4.78, 5) is 26.3. The van der Waals surface area contributed by atoms with Gasteiger partial charge in [-0.2, -0.15) is 4.31 Å². The molecule has 9 nitrogen and oxygen atoms in total. The van der Waals surface area contributed by atoms with E-state index in [9.17, 15) is 18.0 Å². The Balaban J connectivity index is 1.62. The summed E-state index contributed by atoms with van der Waals surface area (Å²) >= 11 is 0. The summed E-state index contributed by atoms with van der Waals surface area (Å²) in [6, 6.07) is 11.1. The maximum Gasteiger partial charge on any atom is 0.308 e. The van der Waals surface area contributed by atoms with Gasteiger partial charge in [-0.25, -0.2) is 8.42 Å². The fraction of sp³-hybridized carbons (Fsp3) is 0.391. The second-order valence-electron chi connectivity index (χ2n) is 7.96. The molecule has 33 heavy (non-hydrogen) atoms. The Morgan fingerprint density at radius 2 is 1.64 bits per heavy atom. The van der Waals surface area contributed by atoms with E-state index in [0.29, 0.717) is 43.3 Å². The number of nitrogens with one attached hydrogen (secondary N) is 1. The van der Waals surface area contributed by atoms with Crippen LogP contribution in [0.2, 0.25) is 0 Å². The molecule has 2 heterocycles. The fourth-order valence-corrected chi connectivity index (χ4v) is 5.42. The third kappa shape index (κ3) is 5.35. The van der Waals surface area contributed by atoms with Crippen molar-refractivity contribution in [2.24, 2.45) is 0 Å². The maximum absolute atomic E-state index is 13.2. The lowest BCUT2D eigenvalue weighted by Crippen LogP contribution is -2.40. The molecule has 2 aromatic carbocycles. The molecule has 0 saturated carbocycles. The van der Waals surface area contributed by atoms with Gasteiger partial charge in [0.2, 0.25) is 10.0 Å². The number of ether oxygens (including phenoxy) is 2. The number of anilines is 2. The van der Waals surface area contributed by atoms with Crippen molar-refractivity contribution in [3.63, 3.8) is 0 Å². The third-order valence-electron chi connectivity index (χ3n) is 5.65. The molecule has 0 spiro atoms. The van der Waals surface area contributed by atoms with E-state index in [1.54, 1.807) is 24.3 Å². The largest absolute Gasteiger partial charge is 0.427 e. The molecule has 0 aliphatic carbocycles. The lowest BCUT2D eigenvalue weighted by atomic mass is 10.2. The molecule has 2 saturated heterocycles. The van der Waals surface area contributed by atoms with Gasteiger partial charge in [-0.3, -0.25) is 9.59 Å². The molecule has 2 aliphatic heterocycles. The number of carbonyl (C=O) groups excluding carboxylic acids is 2. The van der Waals surface area contributed by atoms with Gasteiger partial charge in [-0.1, -0.05) is 0 Å². The summed E-state index contributed by atoms with van der Waals surface area (Å²) in [7, 11) is -3.71. The molecule has 0 atom stereocenters. The Kier molecular flexibility index (Phi) is 6.96. The third-order valence-corrected chi connectivity index (χ3v) is 7.54. The summed E-state index contributed by atoms with van der Waals surface area (Å²) in [6.07, 6.45) is 2.08. The number of rotatable bonds is 6. The summed E-state index contributed by atoms with van der Waals surface area (Å²) in [5, 5.41) is 2.88. The highest BCUT2D eigenvalue weighted by Crippen LogP contribution is 2.33. The molecule has 0 radical (unpaired) electrons. The van der Waals surface area contributed by atoms with Crippen LogP contribution in [0, 0.1) is 0 Å². The molecule has 10 heteroatoms. The number of hydrogen-bond donors (Lipinski definition) is 1. The lowest BCUT2D eigenvalue weighted by Gasteiger charge is -2.27. The molecule has 0 bridgehead atoms. The number of carbonyl (C=O) groups is 2. The Hall–Kier alpha value is -2.95. The second kappa shape index (κ2) is 9.90. The standard InChI is InChI=1S/C23H27N3O6S/c1-17(27)32-19-6-4-18(5-7-19)23(28)24-21-16-20(8-9-22(21)25-10-2-3-11-25)33(29,30)26-12-14-31-15-13-26/h4-9,16H,2-3,10-15H2,1H3,(H,24,28). The van der Waals surface area contributed by atoms with Gasteiger partial charge in [0.05, 0.1) is 29.5 Å². The van der Waals surface area contributed by atoms with E-state index < -0.39 is 16.0 Å². The van der Waals surface area contributed by atoms with Crippen LogP contribution in [0.1, 0.15) is 30.1 Å². The molecule has 0 unspecified atom stereocenters. The van der Waals surface area contributed by atoms with Crippen LogP contribution in [0.25, 0.3) is 0 Å². The molecule has 0 aromatic heterocycles. The molecule has 1 N–H and O–H groups in total. The fourth-order valence-electron chi connectivity index (χ4n) is 3.98. The highest BCUT2D eigenvalue weighted by Gasteiger charge is 2.28. The SMILES string of the molecule is CC(=O)Oc1ccc(C(=O)Nc2cc(S(=O)(=O)N3CCOCC3)ccc2N2CCCC2)cc1. The number of benzene rings is 2. The van der Waals surface area contributed by atoms with Gasteiger partial charge in [0.25, 0.3) is 5.91 Å². The minimum atomic E-state index is -3.71. The van der Waals surface area contributed by atoms with Crippen molar-refractivity contribution in [1.82, 2.24) is 4.31 Å². The quantitative estimate of drug-likeness (QED) is 0.508. The number of amides is 1. The normalized spacial score (nSPS) is 17.1. The monoisotopic (exact) mass is 473 g/mol. The Morgan fingerprint density at radius 3 is 2.27 bits per heavy atom. The van der Waals surface area contributed by atoms with Crippen LogP contribution >= 0.6 is 0 Å². The van der Waals surface area contributed by atoms with E-state index in [-0.39, 0.29) is 10.8 Å². The van der Waals surface area contributed by atoms with E-state index in [2.05, 4.69) is 10.2 Å². The minimum absolute atomic E-state index is 0.132. The van der Waals surface area contributed by atoms with Crippen LogP contribution in [-0.2, 0) is 19.6 Å². The number of hydrogen-bond acceptors (Lipinski definition) is 7. The Labute approximate surface area is 193 Å². The Morgan fingerprint density at radius 1 is 0.970 bits per heavy atom. The van der Waals surface area contributed by atoms with Crippen LogP contribution in [0.3, 0.4) is 0 Å². The van der Waals surface area contributed by atoms with Crippen LogP contribution in [-0.4, -0.2) is 64.0 Å².